The summed E-state index contributed by atoms with van der Waals surface area (Å²) in [6, 6.07) is 6.81. The van der Waals surface area contributed by atoms with E-state index in [0.717, 1.165) is 26.2 Å². The molecule has 0 spiro atoms. The van der Waals surface area contributed by atoms with Gasteiger partial charge in [-0.15, -0.1) is 0 Å². The molecule has 32 heavy (non-hydrogen) atoms. The fraction of sp³-hybridized carbons (Fsp3) is 0.500. The summed E-state index contributed by atoms with van der Waals surface area (Å²) < 4.78 is 19.6. The number of nitrogens with zero attached hydrogens (tertiary/aromatic N) is 6. The van der Waals surface area contributed by atoms with E-state index in [0.29, 0.717) is 61.6 Å². The summed E-state index contributed by atoms with van der Waals surface area (Å²) in [5.74, 6) is 0.774. The van der Waals surface area contributed by atoms with E-state index < -0.39 is 0 Å². The van der Waals surface area contributed by atoms with E-state index in [1.807, 2.05) is 9.80 Å². The van der Waals surface area contributed by atoms with Gasteiger partial charge in [0.05, 0.1) is 6.54 Å². The molecule has 0 radical (unpaired) electrons. The maximum Gasteiger partial charge on any atom is 0.236 e. The van der Waals surface area contributed by atoms with Crippen LogP contribution in [0.2, 0.25) is 5.02 Å². The summed E-state index contributed by atoms with van der Waals surface area (Å²) in [6.45, 7) is 7.94. The molecule has 1 amide bonds. The molecule has 4 rings (SSSR count). The number of halogens is 2. The van der Waals surface area contributed by atoms with Crippen molar-refractivity contribution >= 4 is 23.4 Å². The van der Waals surface area contributed by atoms with Gasteiger partial charge >= 0.3 is 0 Å². The summed E-state index contributed by atoms with van der Waals surface area (Å²) in [4.78, 5) is 25.0. The predicted molar refractivity (Wildman–Crippen MR) is 118 cm³/mol. The van der Waals surface area contributed by atoms with Crippen molar-refractivity contribution in [1.29, 1.82) is 5.26 Å². The van der Waals surface area contributed by atoms with Crippen molar-refractivity contribution in [2.24, 2.45) is 0 Å². The number of hydrogen-bond donors (Lipinski definition) is 0. The minimum Gasteiger partial charge on any atom is -0.424 e. The van der Waals surface area contributed by atoms with Gasteiger partial charge in [-0.05, 0) is 12.1 Å². The Morgan fingerprint density at radius 2 is 1.84 bits per heavy atom. The molecule has 0 unspecified atom stereocenters. The molecule has 0 N–H and O–H groups in total. The number of hydrogen-bond acceptors (Lipinski definition) is 7. The first kappa shape index (κ1) is 22.5. The summed E-state index contributed by atoms with van der Waals surface area (Å²) in [6.07, 6.45) is 0. The minimum atomic E-state index is -0.281. The zero-order valence-electron chi connectivity index (χ0n) is 18.1. The Labute approximate surface area is 191 Å². The van der Waals surface area contributed by atoms with Crippen LogP contribution in [0.15, 0.2) is 22.6 Å². The van der Waals surface area contributed by atoms with E-state index in [4.69, 9.17) is 16.0 Å². The van der Waals surface area contributed by atoms with E-state index in [9.17, 15) is 14.4 Å². The quantitative estimate of drug-likeness (QED) is 0.676. The number of piperazine rings is 2. The fourth-order valence-corrected chi connectivity index (χ4v) is 4.39. The Bertz CT molecular complexity index is 986. The van der Waals surface area contributed by atoms with Crippen LogP contribution in [0.1, 0.15) is 17.1 Å². The number of rotatable bonds is 5. The molecular formula is C22H26ClFN6O2. The predicted octanol–water partition coefficient (Wildman–Crippen LogP) is 2.11. The van der Waals surface area contributed by atoms with Crippen molar-refractivity contribution in [1.82, 2.24) is 19.7 Å². The number of aromatic nitrogens is 1. The lowest BCUT2D eigenvalue weighted by Crippen LogP contribution is -2.53. The minimum absolute atomic E-state index is 0.101. The summed E-state index contributed by atoms with van der Waals surface area (Å²) in [5.41, 5.74) is 0.815. The molecule has 0 atom stereocenters. The van der Waals surface area contributed by atoms with E-state index in [-0.39, 0.29) is 17.4 Å². The third kappa shape index (κ3) is 5.04. The average Bonchev–Trinajstić information content (AvgIpc) is 3.18. The number of benzene rings is 1. The van der Waals surface area contributed by atoms with Crippen LogP contribution in [0.25, 0.3) is 0 Å². The van der Waals surface area contributed by atoms with E-state index in [1.165, 1.54) is 6.07 Å². The molecular weight excluding hydrogens is 435 g/mol. The van der Waals surface area contributed by atoms with Crippen LogP contribution < -0.4 is 4.90 Å². The standard InChI is InChI=1S/C22H26ClFN6O2/c1-16-26-20(13-25)22(32-16)30-11-9-29(10-12-30)21(31)15-28-7-5-27(6-8-28)14-17-18(23)3-2-4-19(17)24/h2-4H,5-12,14-15H2,1H3. The SMILES string of the molecule is Cc1nc(C#N)c(N2CCN(C(=O)CN3CCN(Cc4c(F)cccc4Cl)CC3)CC2)o1. The van der Waals surface area contributed by atoms with Crippen LogP contribution in [0, 0.1) is 24.1 Å². The van der Waals surface area contributed by atoms with Crippen LogP contribution in [-0.2, 0) is 11.3 Å². The Morgan fingerprint density at radius 3 is 2.50 bits per heavy atom. The molecule has 0 aliphatic carbocycles. The number of nitriles is 1. The third-order valence-corrected chi connectivity index (χ3v) is 6.36. The molecule has 2 saturated heterocycles. The molecule has 1 aromatic carbocycles. The molecule has 1 aromatic heterocycles. The highest BCUT2D eigenvalue weighted by Crippen LogP contribution is 2.23. The van der Waals surface area contributed by atoms with Gasteiger partial charge in [-0.25, -0.2) is 9.37 Å². The molecule has 0 saturated carbocycles. The summed E-state index contributed by atoms with van der Waals surface area (Å²) in [7, 11) is 0. The molecule has 2 aliphatic rings. The Kier molecular flexibility index (Phi) is 6.94. The third-order valence-electron chi connectivity index (χ3n) is 6.01. The molecule has 8 nitrogen and oxygen atoms in total. The van der Waals surface area contributed by atoms with Gasteiger partial charge in [-0.3, -0.25) is 14.6 Å². The highest BCUT2D eigenvalue weighted by molar-refractivity contribution is 6.31. The lowest BCUT2D eigenvalue weighted by Gasteiger charge is -2.38. The van der Waals surface area contributed by atoms with Crippen molar-refractivity contribution in [3.8, 4) is 6.07 Å². The molecule has 3 heterocycles. The van der Waals surface area contributed by atoms with Crippen molar-refractivity contribution in [3.63, 3.8) is 0 Å². The van der Waals surface area contributed by atoms with Crippen LogP contribution in [0.5, 0.6) is 0 Å². The molecule has 2 aromatic rings. The smallest absolute Gasteiger partial charge is 0.236 e. The van der Waals surface area contributed by atoms with Crippen molar-refractivity contribution in [2.45, 2.75) is 13.5 Å². The van der Waals surface area contributed by atoms with Crippen LogP contribution >= 0.6 is 11.6 Å². The zero-order valence-corrected chi connectivity index (χ0v) is 18.8. The largest absolute Gasteiger partial charge is 0.424 e. The maximum absolute atomic E-state index is 14.0. The van der Waals surface area contributed by atoms with E-state index >= 15 is 0 Å². The van der Waals surface area contributed by atoms with Crippen molar-refractivity contribution in [2.75, 3.05) is 63.8 Å². The highest BCUT2D eigenvalue weighted by Gasteiger charge is 2.27. The second kappa shape index (κ2) is 9.86. The topological polar surface area (TPSA) is 79.9 Å². The van der Waals surface area contributed by atoms with Gasteiger partial charge in [-0.2, -0.15) is 5.26 Å². The Morgan fingerprint density at radius 1 is 1.16 bits per heavy atom. The normalized spacial score (nSPS) is 18.1. The number of anilines is 1. The summed E-state index contributed by atoms with van der Waals surface area (Å²) >= 11 is 6.14. The van der Waals surface area contributed by atoms with E-state index in [2.05, 4.69) is 20.9 Å². The number of carbonyl (C=O) groups excluding carboxylic acids is 1. The van der Waals surface area contributed by atoms with Crippen molar-refractivity contribution < 1.29 is 13.6 Å². The van der Waals surface area contributed by atoms with Crippen molar-refractivity contribution in [3.05, 3.63) is 46.2 Å². The molecule has 2 aliphatic heterocycles. The van der Waals surface area contributed by atoms with E-state index in [1.54, 1.807) is 19.1 Å². The number of oxazole rings is 1. The van der Waals surface area contributed by atoms with Gasteiger partial charge in [0.2, 0.25) is 17.5 Å². The molecule has 2 fully saturated rings. The second-order valence-corrected chi connectivity index (χ2v) is 8.53. The van der Waals surface area contributed by atoms with Crippen LogP contribution in [0.4, 0.5) is 10.3 Å². The lowest BCUT2D eigenvalue weighted by molar-refractivity contribution is -0.133. The van der Waals surface area contributed by atoms with Crippen LogP contribution in [0.3, 0.4) is 0 Å². The number of carbonyl (C=O) groups is 1. The number of aryl methyl sites for hydroxylation is 1. The molecule has 10 heteroatoms. The maximum atomic E-state index is 14.0. The van der Waals surface area contributed by atoms with Gasteiger partial charge < -0.3 is 14.2 Å². The van der Waals surface area contributed by atoms with Gasteiger partial charge in [0.15, 0.2) is 5.89 Å². The fourth-order valence-electron chi connectivity index (χ4n) is 4.17. The first-order valence-corrected chi connectivity index (χ1v) is 11.1. The van der Waals surface area contributed by atoms with Gasteiger partial charge in [-0.1, -0.05) is 17.7 Å². The van der Waals surface area contributed by atoms with Gasteiger partial charge in [0, 0.05) is 76.4 Å². The number of amides is 1. The zero-order chi connectivity index (χ0) is 22.7. The second-order valence-electron chi connectivity index (χ2n) is 8.12. The molecule has 170 valence electrons. The first-order valence-electron chi connectivity index (χ1n) is 10.7. The Balaban J connectivity index is 1.23. The van der Waals surface area contributed by atoms with Crippen LogP contribution in [-0.4, -0.2) is 84.5 Å². The highest BCUT2D eigenvalue weighted by atomic mass is 35.5. The van der Waals surface area contributed by atoms with Gasteiger partial charge in [0.1, 0.15) is 11.9 Å². The average molecular weight is 461 g/mol. The monoisotopic (exact) mass is 460 g/mol. The Hall–Kier alpha value is -2.67. The van der Waals surface area contributed by atoms with Gasteiger partial charge in [0.25, 0.3) is 0 Å². The molecule has 0 bridgehead atoms. The summed E-state index contributed by atoms with van der Waals surface area (Å²) in [5, 5.41) is 9.66. The first-order chi connectivity index (χ1) is 15.4. The lowest BCUT2D eigenvalue weighted by atomic mass is 10.2.